The van der Waals surface area contributed by atoms with E-state index in [1.54, 1.807) is 19.1 Å². The second kappa shape index (κ2) is 6.41. The number of hydrogen-bond acceptors (Lipinski definition) is 2. The molecule has 2 amide bonds. The van der Waals surface area contributed by atoms with E-state index in [1.807, 2.05) is 20.8 Å². The number of rotatable bonds is 5. The van der Waals surface area contributed by atoms with E-state index in [4.69, 9.17) is 5.11 Å². The molecule has 1 rings (SSSR count). The Morgan fingerprint density at radius 3 is 2.35 bits per heavy atom. The highest BCUT2D eigenvalue weighted by Gasteiger charge is 2.22. The summed E-state index contributed by atoms with van der Waals surface area (Å²) in [5.41, 5.74) is 0.987. The van der Waals surface area contributed by atoms with E-state index >= 15 is 0 Å². The van der Waals surface area contributed by atoms with Crippen LogP contribution >= 0.6 is 0 Å². The number of amides is 2. The van der Waals surface area contributed by atoms with Gasteiger partial charge in [0.05, 0.1) is 5.56 Å². The minimum atomic E-state index is -1.00. The van der Waals surface area contributed by atoms with Crippen LogP contribution in [0.2, 0.25) is 0 Å². The van der Waals surface area contributed by atoms with Crippen molar-refractivity contribution in [2.24, 2.45) is 0 Å². The number of anilines is 1. The molecule has 0 aliphatic heterocycles. The van der Waals surface area contributed by atoms with E-state index in [2.05, 4.69) is 10.6 Å². The van der Waals surface area contributed by atoms with Gasteiger partial charge in [0.15, 0.2) is 0 Å². The van der Waals surface area contributed by atoms with Gasteiger partial charge in [-0.25, -0.2) is 9.59 Å². The Balaban J connectivity index is 2.87. The molecule has 5 heteroatoms. The molecule has 0 aliphatic carbocycles. The summed E-state index contributed by atoms with van der Waals surface area (Å²) in [5, 5.41) is 14.7. The van der Waals surface area contributed by atoms with Crippen LogP contribution in [-0.4, -0.2) is 22.6 Å². The third-order valence-electron chi connectivity index (χ3n) is 3.79. The smallest absolute Gasteiger partial charge is 0.336 e. The molecule has 0 heterocycles. The average Bonchev–Trinajstić information content (AvgIpc) is 2.40. The van der Waals surface area contributed by atoms with Crippen molar-refractivity contribution in [1.82, 2.24) is 5.32 Å². The zero-order valence-corrected chi connectivity index (χ0v) is 12.4. The minimum absolute atomic E-state index is 0.191. The highest BCUT2D eigenvalue weighted by atomic mass is 16.4. The van der Waals surface area contributed by atoms with Crippen molar-refractivity contribution in [3.63, 3.8) is 0 Å². The molecular weight excluding hydrogens is 256 g/mol. The van der Waals surface area contributed by atoms with Crippen LogP contribution < -0.4 is 10.6 Å². The Bertz CT molecular complexity index is 508. The van der Waals surface area contributed by atoms with Gasteiger partial charge < -0.3 is 15.7 Å². The number of aromatic carboxylic acids is 1. The Labute approximate surface area is 119 Å². The number of benzene rings is 1. The van der Waals surface area contributed by atoms with Crippen LogP contribution in [0.5, 0.6) is 0 Å². The van der Waals surface area contributed by atoms with Crippen molar-refractivity contribution in [1.29, 1.82) is 0 Å². The normalized spacial score (nSPS) is 11.0. The Hall–Kier alpha value is -2.04. The summed E-state index contributed by atoms with van der Waals surface area (Å²) in [7, 11) is 0. The molecule has 3 N–H and O–H groups in total. The predicted octanol–water partition coefficient (Wildman–Crippen LogP) is 3.39. The fourth-order valence-electron chi connectivity index (χ4n) is 1.86. The zero-order chi connectivity index (χ0) is 15.3. The lowest BCUT2D eigenvalue weighted by atomic mass is 9.96. The van der Waals surface area contributed by atoms with Gasteiger partial charge in [-0.15, -0.1) is 0 Å². The molecule has 0 bridgehead atoms. The first-order valence-electron chi connectivity index (χ1n) is 6.75. The molecule has 1 aromatic carbocycles. The molecule has 0 aromatic heterocycles. The molecular formula is C15H22N2O3. The fourth-order valence-corrected chi connectivity index (χ4v) is 1.86. The van der Waals surface area contributed by atoms with Crippen molar-refractivity contribution in [3.8, 4) is 0 Å². The second-order valence-corrected chi connectivity index (χ2v) is 5.13. The number of urea groups is 1. The van der Waals surface area contributed by atoms with E-state index in [9.17, 15) is 9.59 Å². The summed E-state index contributed by atoms with van der Waals surface area (Å²) in [6.07, 6.45) is 1.65. The Kier molecular flexibility index (Phi) is 5.13. The van der Waals surface area contributed by atoms with E-state index < -0.39 is 5.97 Å². The van der Waals surface area contributed by atoms with Crippen LogP contribution in [0.1, 0.15) is 49.5 Å². The monoisotopic (exact) mass is 278 g/mol. The molecule has 0 aliphatic rings. The molecule has 110 valence electrons. The van der Waals surface area contributed by atoms with Crippen LogP contribution in [0.4, 0.5) is 10.5 Å². The molecule has 0 atom stereocenters. The predicted molar refractivity (Wildman–Crippen MR) is 79.3 cm³/mol. The highest BCUT2D eigenvalue weighted by molar-refractivity contribution is 5.95. The standard InChI is InChI=1S/C15H22N2O3/c1-5-15(4,6-2)17-14(20)16-12-9-7-8-11(10(12)3)13(18)19/h7-9H,5-6H2,1-4H3,(H,18,19)(H2,16,17,20). The van der Waals surface area contributed by atoms with E-state index in [0.717, 1.165) is 12.8 Å². The molecule has 1 aromatic rings. The third-order valence-corrected chi connectivity index (χ3v) is 3.79. The van der Waals surface area contributed by atoms with Gasteiger partial charge in [0, 0.05) is 11.2 Å². The van der Waals surface area contributed by atoms with E-state index in [0.29, 0.717) is 11.3 Å². The van der Waals surface area contributed by atoms with Gasteiger partial charge in [-0.2, -0.15) is 0 Å². The summed E-state index contributed by atoms with van der Waals surface area (Å²) in [5.74, 6) is -1.00. The lowest BCUT2D eigenvalue weighted by molar-refractivity contribution is 0.0696. The molecule has 0 unspecified atom stereocenters. The SMILES string of the molecule is CCC(C)(CC)NC(=O)Nc1cccc(C(=O)O)c1C. The van der Waals surface area contributed by atoms with Gasteiger partial charge in [0.2, 0.25) is 0 Å². The van der Waals surface area contributed by atoms with Gasteiger partial charge in [-0.05, 0) is 44.4 Å². The van der Waals surface area contributed by atoms with Crippen molar-refractivity contribution < 1.29 is 14.7 Å². The minimum Gasteiger partial charge on any atom is -0.478 e. The van der Waals surface area contributed by atoms with E-state index in [-0.39, 0.29) is 17.1 Å². The molecule has 0 spiro atoms. The van der Waals surface area contributed by atoms with Crippen LogP contribution in [-0.2, 0) is 0 Å². The average molecular weight is 278 g/mol. The molecule has 0 fully saturated rings. The quantitative estimate of drug-likeness (QED) is 0.772. The highest BCUT2D eigenvalue weighted by Crippen LogP contribution is 2.20. The fraction of sp³-hybridized carbons (Fsp3) is 0.467. The third kappa shape index (κ3) is 3.73. The summed E-state index contributed by atoms with van der Waals surface area (Å²) in [6, 6.07) is 4.51. The van der Waals surface area contributed by atoms with E-state index in [1.165, 1.54) is 6.07 Å². The number of carbonyl (C=O) groups is 2. The van der Waals surface area contributed by atoms with Crippen LogP contribution in [0.15, 0.2) is 18.2 Å². The van der Waals surface area contributed by atoms with Gasteiger partial charge in [-0.3, -0.25) is 0 Å². The van der Waals surface area contributed by atoms with Gasteiger partial charge >= 0.3 is 12.0 Å². The number of carboxylic acids is 1. The Morgan fingerprint density at radius 2 is 1.85 bits per heavy atom. The van der Waals surface area contributed by atoms with Crippen LogP contribution in [0.3, 0.4) is 0 Å². The molecule has 0 saturated heterocycles. The van der Waals surface area contributed by atoms with Crippen molar-refractivity contribution in [2.75, 3.05) is 5.32 Å². The number of hydrogen-bond donors (Lipinski definition) is 3. The summed E-state index contributed by atoms with van der Waals surface area (Å²) < 4.78 is 0. The Morgan fingerprint density at radius 1 is 1.25 bits per heavy atom. The second-order valence-electron chi connectivity index (χ2n) is 5.13. The largest absolute Gasteiger partial charge is 0.478 e. The number of nitrogens with one attached hydrogen (secondary N) is 2. The summed E-state index contributed by atoms with van der Waals surface area (Å²) in [4.78, 5) is 23.1. The van der Waals surface area contributed by atoms with Crippen LogP contribution in [0, 0.1) is 6.92 Å². The van der Waals surface area contributed by atoms with Crippen molar-refractivity contribution >= 4 is 17.7 Å². The molecule has 0 radical (unpaired) electrons. The maximum absolute atomic E-state index is 12.0. The number of carboxylic acid groups (broad SMARTS) is 1. The number of carbonyl (C=O) groups excluding carboxylic acids is 1. The molecule has 20 heavy (non-hydrogen) atoms. The maximum Gasteiger partial charge on any atom is 0.336 e. The van der Waals surface area contributed by atoms with Gasteiger partial charge in [0.25, 0.3) is 0 Å². The van der Waals surface area contributed by atoms with Crippen molar-refractivity contribution in [2.45, 2.75) is 46.1 Å². The first-order valence-corrected chi connectivity index (χ1v) is 6.75. The van der Waals surface area contributed by atoms with Gasteiger partial charge in [-0.1, -0.05) is 19.9 Å². The topological polar surface area (TPSA) is 78.4 Å². The first-order chi connectivity index (χ1) is 9.33. The zero-order valence-electron chi connectivity index (χ0n) is 12.4. The lowest BCUT2D eigenvalue weighted by Crippen LogP contribution is -2.47. The van der Waals surface area contributed by atoms with Crippen LogP contribution in [0.25, 0.3) is 0 Å². The summed E-state index contributed by atoms with van der Waals surface area (Å²) >= 11 is 0. The van der Waals surface area contributed by atoms with Crippen molar-refractivity contribution in [3.05, 3.63) is 29.3 Å². The maximum atomic E-state index is 12.0. The molecule has 5 nitrogen and oxygen atoms in total. The first kappa shape index (κ1) is 16.0. The summed E-state index contributed by atoms with van der Waals surface area (Å²) in [6.45, 7) is 7.69. The van der Waals surface area contributed by atoms with Gasteiger partial charge in [0.1, 0.15) is 0 Å². The molecule has 0 saturated carbocycles. The lowest BCUT2D eigenvalue weighted by Gasteiger charge is -2.28.